The summed E-state index contributed by atoms with van der Waals surface area (Å²) in [5.41, 5.74) is 3.03. The summed E-state index contributed by atoms with van der Waals surface area (Å²) in [6.45, 7) is 6.08. The van der Waals surface area contributed by atoms with Gasteiger partial charge in [-0.1, -0.05) is 30.3 Å². The number of aryl methyl sites for hydroxylation is 2. The molecule has 1 unspecified atom stereocenters. The molecule has 0 aliphatic rings. The van der Waals surface area contributed by atoms with Crippen LogP contribution in [0.1, 0.15) is 29.9 Å². The van der Waals surface area contributed by atoms with E-state index in [0.29, 0.717) is 16.9 Å². The first-order valence-corrected chi connectivity index (χ1v) is 8.15. The highest BCUT2D eigenvalue weighted by atomic mass is 16.2. The topological polar surface area (TPSA) is 77.1 Å². The van der Waals surface area contributed by atoms with Crippen LogP contribution in [0, 0.1) is 13.8 Å². The number of imidazole rings is 2. The maximum Gasteiger partial charge on any atom is 0.329 e. The molecule has 0 aliphatic carbocycles. The van der Waals surface area contributed by atoms with E-state index in [1.807, 2.05) is 36.4 Å². The average molecular weight is 337 g/mol. The average Bonchev–Trinajstić information content (AvgIpc) is 3.10. The molecule has 0 amide bonds. The molecule has 3 aromatic heterocycles. The van der Waals surface area contributed by atoms with E-state index in [4.69, 9.17) is 0 Å². The molecule has 0 fully saturated rings. The van der Waals surface area contributed by atoms with E-state index in [1.54, 1.807) is 7.05 Å². The van der Waals surface area contributed by atoms with Gasteiger partial charge in [0.1, 0.15) is 0 Å². The number of benzene rings is 1. The van der Waals surface area contributed by atoms with Crippen molar-refractivity contribution in [3.63, 3.8) is 0 Å². The second-order valence-electron chi connectivity index (χ2n) is 6.37. The summed E-state index contributed by atoms with van der Waals surface area (Å²) in [4.78, 5) is 31.3. The second kappa shape index (κ2) is 5.20. The van der Waals surface area contributed by atoms with E-state index in [2.05, 4.69) is 33.6 Å². The van der Waals surface area contributed by atoms with Crippen molar-refractivity contribution < 1.29 is 0 Å². The van der Waals surface area contributed by atoms with E-state index < -0.39 is 11.2 Å². The zero-order valence-corrected chi connectivity index (χ0v) is 14.6. The van der Waals surface area contributed by atoms with Gasteiger partial charge in [-0.2, -0.15) is 4.98 Å². The Kier molecular flexibility index (Phi) is 3.21. The Labute approximate surface area is 143 Å². The summed E-state index contributed by atoms with van der Waals surface area (Å²) >= 11 is 0. The van der Waals surface area contributed by atoms with Crippen LogP contribution in [-0.2, 0) is 7.05 Å². The first-order valence-electron chi connectivity index (χ1n) is 8.15. The maximum atomic E-state index is 12.4. The zero-order valence-electron chi connectivity index (χ0n) is 14.6. The Hall–Kier alpha value is -3.09. The van der Waals surface area contributed by atoms with Gasteiger partial charge in [-0.05, 0) is 26.3 Å². The van der Waals surface area contributed by atoms with E-state index in [0.717, 1.165) is 17.0 Å². The van der Waals surface area contributed by atoms with Crippen LogP contribution in [0.5, 0.6) is 0 Å². The molecule has 0 radical (unpaired) electrons. The third kappa shape index (κ3) is 2.02. The van der Waals surface area contributed by atoms with Crippen LogP contribution in [0.3, 0.4) is 0 Å². The number of nitrogens with one attached hydrogen (secondary N) is 1. The predicted octanol–water partition coefficient (Wildman–Crippen LogP) is 1.90. The van der Waals surface area contributed by atoms with Gasteiger partial charge in [0, 0.05) is 18.4 Å². The molecule has 7 heteroatoms. The molecule has 4 aromatic rings. The van der Waals surface area contributed by atoms with Gasteiger partial charge in [0.15, 0.2) is 11.2 Å². The highest BCUT2D eigenvalue weighted by molar-refractivity contribution is 5.76. The van der Waals surface area contributed by atoms with Crippen molar-refractivity contribution >= 4 is 16.9 Å². The molecular weight excluding hydrogens is 318 g/mol. The number of aromatic nitrogens is 5. The number of H-pyrrole nitrogens is 1. The van der Waals surface area contributed by atoms with Crippen LogP contribution >= 0.6 is 0 Å². The summed E-state index contributed by atoms with van der Waals surface area (Å²) in [5, 5.41) is 0. The van der Waals surface area contributed by atoms with E-state index in [-0.39, 0.29) is 6.04 Å². The number of rotatable bonds is 2. The second-order valence-corrected chi connectivity index (χ2v) is 6.37. The molecule has 128 valence electrons. The van der Waals surface area contributed by atoms with E-state index in [1.165, 1.54) is 4.57 Å². The van der Waals surface area contributed by atoms with E-state index >= 15 is 0 Å². The van der Waals surface area contributed by atoms with Gasteiger partial charge in [0.25, 0.3) is 5.56 Å². The fourth-order valence-corrected chi connectivity index (χ4v) is 3.48. The third-order valence-corrected chi connectivity index (χ3v) is 5.00. The molecule has 1 aromatic carbocycles. The number of hydrogen-bond donors (Lipinski definition) is 1. The number of fused-ring (bicyclic) bond motifs is 3. The lowest BCUT2D eigenvalue weighted by atomic mass is 10.1. The lowest BCUT2D eigenvalue weighted by Crippen LogP contribution is -2.28. The first-order chi connectivity index (χ1) is 11.9. The van der Waals surface area contributed by atoms with Crippen molar-refractivity contribution in [3.8, 4) is 0 Å². The normalized spacial score (nSPS) is 13.0. The third-order valence-electron chi connectivity index (χ3n) is 5.00. The van der Waals surface area contributed by atoms with Crippen molar-refractivity contribution in [1.29, 1.82) is 0 Å². The van der Waals surface area contributed by atoms with Gasteiger partial charge in [-0.15, -0.1) is 0 Å². The highest BCUT2D eigenvalue weighted by Gasteiger charge is 2.23. The van der Waals surface area contributed by atoms with Gasteiger partial charge in [-0.25, -0.2) is 4.79 Å². The zero-order chi connectivity index (χ0) is 17.9. The number of nitrogens with zero attached hydrogens (tertiary/aromatic N) is 4. The van der Waals surface area contributed by atoms with Crippen LogP contribution in [0.4, 0.5) is 0 Å². The van der Waals surface area contributed by atoms with Crippen LogP contribution in [0.25, 0.3) is 16.9 Å². The van der Waals surface area contributed by atoms with Crippen molar-refractivity contribution in [2.24, 2.45) is 7.05 Å². The molecule has 1 N–H and O–H groups in total. The molecule has 3 heterocycles. The van der Waals surface area contributed by atoms with Crippen molar-refractivity contribution in [2.75, 3.05) is 0 Å². The molecule has 0 bridgehead atoms. The van der Waals surface area contributed by atoms with Gasteiger partial charge in [-0.3, -0.25) is 18.7 Å². The molecule has 0 aliphatic heterocycles. The molecule has 25 heavy (non-hydrogen) atoms. The van der Waals surface area contributed by atoms with Crippen LogP contribution in [-0.4, -0.2) is 23.5 Å². The first kappa shape index (κ1) is 15.4. The minimum absolute atomic E-state index is 0.0466. The Morgan fingerprint density at radius 3 is 2.44 bits per heavy atom. The molecule has 0 spiro atoms. The Morgan fingerprint density at radius 1 is 1.08 bits per heavy atom. The van der Waals surface area contributed by atoms with Crippen molar-refractivity contribution in [3.05, 3.63) is 68.1 Å². The Balaban J connectivity index is 2.14. The molecule has 4 rings (SSSR count). The maximum absolute atomic E-state index is 12.4. The molecule has 0 saturated carbocycles. The monoisotopic (exact) mass is 337 g/mol. The summed E-state index contributed by atoms with van der Waals surface area (Å²) in [6.07, 6.45) is 0. The van der Waals surface area contributed by atoms with Gasteiger partial charge in [0.2, 0.25) is 5.78 Å². The summed E-state index contributed by atoms with van der Waals surface area (Å²) in [5.74, 6) is 0.660. The fourth-order valence-electron chi connectivity index (χ4n) is 3.48. The molecular formula is C18H19N5O2. The standard InChI is InChI=1S/C18H19N5O2/c1-10-11(2)23-14-15(21(4)18(25)20-16(14)24)19-17(23)22(10)12(3)13-8-6-5-7-9-13/h5-9,12H,1-4H3,(H,20,24,25). The summed E-state index contributed by atoms with van der Waals surface area (Å²) < 4.78 is 5.31. The fraction of sp³-hybridized carbons (Fsp3) is 0.278. The van der Waals surface area contributed by atoms with Gasteiger partial charge in [0.05, 0.1) is 6.04 Å². The number of hydrogen-bond acceptors (Lipinski definition) is 3. The van der Waals surface area contributed by atoms with Gasteiger partial charge >= 0.3 is 5.69 Å². The Morgan fingerprint density at radius 2 is 1.76 bits per heavy atom. The van der Waals surface area contributed by atoms with Gasteiger partial charge < -0.3 is 4.57 Å². The minimum Gasteiger partial charge on any atom is -0.307 e. The minimum atomic E-state index is -0.463. The van der Waals surface area contributed by atoms with Crippen molar-refractivity contribution in [2.45, 2.75) is 26.8 Å². The SMILES string of the molecule is Cc1c(C)n2c3c(=O)[nH]c(=O)n(C)c3nc2n1C(C)c1ccccc1. The lowest BCUT2D eigenvalue weighted by molar-refractivity contribution is 0.638. The van der Waals surface area contributed by atoms with E-state index in [9.17, 15) is 9.59 Å². The smallest absolute Gasteiger partial charge is 0.307 e. The number of aromatic amines is 1. The van der Waals surface area contributed by atoms with Crippen molar-refractivity contribution in [1.82, 2.24) is 23.5 Å². The predicted molar refractivity (Wildman–Crippen MR) is 96.3 cm³/mol. The summed E-state index contributed by atoms with van der Waals surface area (Å²) in [6, 6.07) is 10.2. The van der Waals surface area contributed by atoms with Crippen LogP contribution in [0.2, 0.25) is 0 Å². The quantitative estimate of drug-likeness (QED) is 0.607. The largest absolute Gasteiger partial charge is 0.329 e. The van der Waals surface area contributed by atoms with Crippen LogP contribution < -0.4 is 11.2 Å². The molecule has 1 atom stereocenters. The highest BCUT2D eigenvalue weighted by Crippen LogP contribution is 2.27. The lowest BCUT2D eigenvalue weighted by Gasteiger charge is -2.16. The Bertz CT molecular complexity index is 1220. The van der Waals surface area contributed by atoms with Crippen LogP contribution in [0.15, 0.2) is 39.9 Å². The molecule has 0 saturated heterocycles. The summed E-state index contributed by atoms with van der Waals surface area (Å²) in [7, 11) is 1.61. The molecule has 7 nitrogen and oxygen atoms in total.